The third-order valence-electron chi connectivity index (χ3n) is 2.39. The minimum atomic E-state index is -0.145. The van der Waals surface area contributed by atoms with Gasteiger partial charge in [0.2, 0.25) is 5.91 Å². The van der Waals surface area contributed by atoms with Crippen LogP contribution in [0.5, 0.6) is 0 Å². The molecule has 0 atom stereocenters. The minimum Gasteiger partial charge on any atom is -0.309 e. The lowest BCUT2D eigenvalue weighted by molar-refractivity contribution is -0.114. The predicted molar refractivity (Wildman–Crippen MR) is 79.6 cm³/mol. The lowest BCUT2D eigenvalue weighted by atomic mass is 10.2. The summed E-state index contributed by atoms with van der Waals surface area (Å²) in [6, 6.07) is 11.0. The number of carbonyl (C=O) groups excluding carboxylic acids is 1. The van der Waals surface area contributed by atoms with Gasteiger partial charge in [-0.25, -0.2) is 0 Å². The minimum absolute atomic E-state index is 0.145. The van der Waals surface area contributed by atoms with Crippen LogP contribution in [0.4, 0.5) is 5.82 Å². The molecule has 2 heterocycles. The van der Waals surface area contributed by atoms with Gasteiger partial charge in [0.1, 0.15) is 0 Å². The number of amides is 1. The summed E-state index contributed by atoms with van der Waals surface area (Å²) >= 11 is 5.80. The van der Waals surface area contributed by atoms with Gasteiger partial charge in [0.05, 0.1) is 5.52 Å². The number of H-pyrrole nitrogens is 1. The smallest absolute Gasteiger partial charge is 0.222 e. The molecule has 3 rings (SSSR count). The highest BCUT2D eigenvalue weighted by atomic mass is 35.5. The first kappa shape index (κ1) is 14.0. The van der Waals surface area contributed by atoms with E-state index in [4.69, 9.17) is 11.6 Å². The van der Waals surface area contributed by atoms with Crippen LogP contribution in [0.15, 0.2) is 48.8 Å². The molecule has 3 aromatic rings. The first-order valence-corrected chi connectivity index (χ1v) is 6.31. The van der Waals surface area contributed by atoms with E-state index in [9.17, 15) is 4.79 Å². The van der Waals surface area contributed by atoms with Crippen molar-refractivity contribution in [2.75, 3.05) is 5.32 Å². The molecule has 2 N–H and O–H groups in total. The van der Waals surface area contributed by atoms with E-state index in [0.29, 0.717) is 10.8 Å². The van der Waals surface area contributed by atoms with Gasteiger partial charge in [-0.3, -0.25) is 14.9 Å². The van der Waals surface area contributed by atoms with E-state index < -0.39 is 0 Å². The van der Waals surface area contributed by atoms with Gasteiger partial charge in [-0.05, 0) is 30.3 Å². The number of nitrogens with one attached hydrogen (secondary N) is 2. The highest BCUT2D eigenvalue weighted by molar-refractivity contribution is 6.31. The molecule has 0 unspecified atom stereocenters. The second-order valence-corrected chi connectivity index (χ2v) is 4.40. The van der Waals surface area contributed by atoms with Crippen molar-refractivity contribution in [2.24, 2.45) is 0 Å². The Hall–Kier alpha value is -2.40. The molecule has 102 valence electrons. The van der Waals surface area contributed by atoms with E-state index in [1.807, 2.05) is 24.3 Å². The third kappa shape index (κ3) is 3.80. The molecular weight excluding hydrogens is 276 g/mol. The van der Waals surface area contributed by atoms with E-state index >= 15 is 0 Å². The van der Waals surface area contributed by atoms with Crippen molar-refractivity contribution >= 4 is 34.2 Å². The number of nitrogens with zero attached hydrogens (tertiary/aromatic N) is 2. The molecule has 20 heavy (non-hydrogen) atoms. The van der Waals surface area contributed by atoms with Gasteiger partial charge >= 0.3 is 0 Å². The van der Waals surface area contributed by atoms with Gasteiger partial charge in [0.25, 0.3) is 0 Å². The van der Waals surface area contributed by atoms with Gasteiger partial charge in [-0.15, -0.1) is 0 Å². The van der Waals surface area contributed by atoms with Crippen molar-refractivity contribution in [3.63, 3.8) is 0 Å². The highest BCUT2D eigenvalue weighted by Gasteiger charge is 2.06. The van der Waals surface area contributed by atoms with Gasteiger partial charge in [0, 0.05) is 29.7 Å². The summed E-state index contributed by atoms with van der Waals surface area (Å²) in [5.41, 5.74) is 0.807. The van der Waals surface area contributed by atoms with Crippen LogP contribution in [0.3, 0.4) is 0 Å². The monoisotopic (exact) mass is 288 g/mol. The molecule has 0 aliphatic rings. The summed E-state index contributed by atoms with van der Waals surface area (Å²) in [5.74, 6) is 0.387. The van der Waals surface area contributed by atoms with Crippen molar-refractivity contribution in [1.29, 1.82) is 0 Å². The summed E-state index contributed by atoms with van der Waals surface area (Å²) in [6.07, 6.45) is 3.50. The molecule has 0 saturated heterocycles. The molecule has 0 spiro atoms. The van der Waals surface area contributed by atoms with Crippen LogP contribution in [0.2, 0.25) is 5.02 Å². The Morgan fingerprint density at radius 2 is 2.00 bits per heavy atom. The summed E-state index contributed by atoms with van der Waals surface area (Å²) in [5, 5.41) is 10.9. The number of anilines is 1. The normalized spacial score (nSPS) is 9.70. The lowest BCUT2D eigenvalue weighted by Gasteiger charge is -1.96. The van der Waals surface area contributed by atoms with Crippen molar-refractivity contribution < 1.29 is 4.79 Å². The zero-order chi connectivity index (χ0) is 14.4. The van der Waals surface area contributed by atoms with Gasteiger partial charge in [-0.1, -0.05) is 17.7 Å². The summed E-state index contributed by atoms with van der Waals surface area (Å²) in [4.78, 5) is 14.6. The van der Waals surface area contributed by atoms with E-state index in [1.165, 1.54) is 6.92 Å². The number of fused-ring (bicyclic) bond motifs is 1. The number of benzene rings is 1. The van der Waals surface area contributed by atoms with E-state index in [0.717, 1.165) is 10.9 Å². The molecule has 1 aromatic carbocycles. The largest absolute Gasteiger partial charge is 0.309 e. The zero-order valence-electron chi connectivity index (χ0n) is 10.8. The molecule has 0 saturated carbocycles. The third-order valence-corrected chi connectivity index (χ3v) is 2.62. The van der Waals surface area contributed by atoms with E-state index in [1.54, 1.807) is 24.5 Å². The predicted octanol–water partition coefficient (Wildman–Crippen LogP) is 3.26. The van der Waals surface area contributed by atoms with Crippen LogP contribution in [-0.4, -0.2) is 21.1 Å². The van der Waals surface area contributed by atoms with Gasteiger partial charge in [0.15, 0.2) is 5.82 Å². The molecule has 0 bridgehead atoms. The molecule has 0 fully saturated rings. The average molecular weight is 289 g/mol. The SMILES string of the molecule is CC(=O)Nc1n[nH]c2cc(Cl)ccc12.c1ccncc1. The molecule has 0 aliphatic heterocycles. The number of halogens is 1. The Morgan fingerprint density at radius 1 is 1.25 bits per heavy atom. The van der Waals surface area contributed by atoms with Crippen molar-refractivity contribution in [1.82, 2.24) is 15.2 Å². The quantitative estimate of drug-likeness (QED) is 0.722. The standard InChI is InChI=1S/C9H8ClN3O.C5H5N/c1-5(14)11-9-7-3-2-6(10)4-8(7)12-13-9;1-2-4-6-5-3-1/h2-4H,1H3,(H2,11,12,13,14);1-5H. The van der Waals surface area contributed by atoms with Crippen LogP contribution in [0.25, 0.3) is 10.9 Å². The Morgan fingerprint density at radius 3 is 2.55 bits per heavy atom. The summed E-state index contributed by atoms with van der Waals surface area (Å²) in [6.45, 7) is 1.44. The number of aromatic amines is 1. The Balaban J connectivity index is 0.000000205. The van der Waals surface area contributed by atoms with E-state index in [2.05, 4.69) is 20.5 Å². The molecule has 1 amide bonds. The topological polar surface area (TPSA) is 70.7 Å². The fourth-order valence-electron chi connectivity index (χ4n) is 1.57. The maximum Gasteiger partial charge on any atom is 0.222 e. The van der Waals surface area contributed by atoms with Crippen LogP contribution < -0.4 is 5.32 Å². The number of hydrogen-bond acceptors (Lipinski definition) is 3. The summed E-state index contributed by atoms with van der Waals surface area (Å²) < 4.78 is 0. The highest BCUT2D eigenvalue weighted by Crippen LogP contribution is 2.23. The van der Waals surface area contributed by atoms with E-state index in [-0.39, 0.29) is 5.91 Å². The van der Waals surface area contributed by atoms with Gasteiger partial charge in [-0.2, -0.15) is 5.10 Å². The zero-order valence-corrected chi connectivity index (χ0v) is 11.6. The number of hydrogen-bond donors (Lipinski definition) is 2. The first-order chi connectivity index (χ1) is 9.66. The fourth-order valence-corrected chi connectivity index (χ4v) is 1.74. The lowest BCUT2D eigenvalue weighted by Crippen LogP contribution is -2.06. The Kier molecular flexibility index (Phi) is 4.68. The molecular formula is C14H13ClN4O. The molecule has 5 nitrogen and oxygen atoms in total. The number of carbonyl (C=O) groups is 1. The van der Waals surface area contributed by atoms with Gasteiger partial charge < -0.3 is 5.32 Å². The second-order valence-electron chi connectivity index (χ2n) is 3.97. The van der Waals surface area contributed by atoms with Crippen molar-refractivity contribution in [3.05, 3.63) is 53.8 Å². The molecule has 0 radical (unpaired) electrons. The molecule has 6 heteroatoms. The van der Waals surface area contributed by atoms with Crippen LogP contribution in [-0.2, 0) is 4.79 Å². The average Bonchev–Trinajstić information content (AvgIpc) is 2.83. The molecule has 0 aliphatic carbocycles. The van der Waals surface area contributed by atoms with Crippen LogP contribution in [0, 0.1) is 0 Å². The maximum atomic E-state index is 10.8. The number of pyridine rings is 1. The number of aromatic nitrogens is 3. The Bertz CT molecular complexity index is 670. The van der Waals surface area contributed by atoms with Crippen LogP contribution >= 0.6 is 11.6 Å². The fraction of sp³-hybridized carbons (Fsp3) is 0.0714. The maximum absolute atomic E-state index is 10.8. The summed E-state index contributed by atoms with van der Waals surface area (Å²) in [7, 11) is 0. The second kappa shape index (κ2) is 6.68. The molecule has 2 aromatic heterocycles. The van der Waals surface area contributed by atoms with Crippen molar-refractivity contribution in [3.8, 4) is 0 Å². The number of rotatable bonds is 1. The Labute approximate surface area is 121 Å². The first-order valence-electron chi connectivity index (χ1n) is 5.93. The van der Waals surface area contributed by atoms with Crippen molar-refractivity contribution in [2.45, 2.75) is 6.92 Å². The van der Waals surface area contributed by atoms with Crippen LogP contribution in [0.1, 0.15) is 6.92 Å².